The van der Waals surface area contributed by atoms with Crippen LogP contribution in [0.3, 0.4) is 0 Å². The Morgan fingerprint density at radius 2 is 2.06 bits per heavy atom. The second-order valence-corrected chi connectivity index (χ2v) is 3.83. The highest BCUT2D eigenvalue weighted by molar-refractivity contribution is 5.80. The van der Waals surface area contributed by atoms with Gasteiger partial charge in [-0.2, -0.15) is 5.26 Å². The van der Waals surface area contributed by atoms with Crippen LogP contribution in [0.1, 0.15) is 24.2 Å². The van der Waals surface area contributed by atoms with E-state index in [9.17, 15) is 4.79 Å². The van der Waals surface area contributed by atoms with Crippen molar-refractivity contribution in [3.8, 4) is 6.07 Å². The molecule has 2 heterocycles. The zero-order valence-electron chi connectivity index (χ0n) is 9.10. The number of carbonyl (C=O) groups excluding carboxylic acids is 1. The Bertz CT molecular complexity index is 454. The van der Waals surface area contributed by atoms with E-state index in [0.29, 0.717) is 37.6 Å². The summed E-state index contributed by atoms with van der Waals surface area (Å²) in [4.78, 5) is 21.5. The third kappa shape index (κ3) is 2.16. The number of hydrogen-bond acceptors (Lipinski definition) is 5. The average molecular weight is 216 g/mol. The minimum Gasteiger partial charge on any atom is -0.340 e. The van der Waals surface area contributed by atoms with Crippen LogP contribution in [0.15, 0.2) is 6.07 Å². The van der Waals surface area contributed by atoms with Gasteiger partial charge in [0, 0.05) is 31.6 Å². The molecule has 0 aromatic carbocycles. The molecule has 82 valence electrons. The number of Topliss-reactive ketones (excluding diaryl/α,β-unsaturated/α-hetero) is 1. The summed E-state index contributed by atoms with van der Waals surface area (Å²) >= 11 is 0. The van der Waals surface area contributed by atoms with Crippen LogP contribution in [-0.4, -0.2) is 28.8 Å². The van der Waals surface area contributed by atoms with E-state index in [4.69, 9.17) is 5.26 Å². The molecule has 16 heavy (non-hydrogen) atoms. The fourth-order valence-corrected chi connectivity index (χ4v) is 1.71. The summed E-state index contributed by atoms with van der Waals surface area (Å²) in [6, 6.07) is 3.66. The quantitative estimate of drug-likeness (QED) is 0.695. The molecule has 1 aliphatic heterocycles. The van der Waals surface area contributed by atoms with E-state index in [1.807, 2.05) is 17.9 Å². The van der Waals surface area contributed by atoms with E-state index in [-0.39, 0.29) is 5.78 Å². The first kappa shape index (κ1) is 10.6. The maximum absolute atomic E-state index is 11.1. The lowest BCUT2D eigenvalue weighted by atomic mass is 10.1. The molecule has 1 aromatic rings. The maximum Gasteiger partial charge on any atom is 0.226 e. The van der Waals surface area contributed by atoms with Gasteiger partial charge in [0.2, 0.25) is 5.95 Å². The van der Waals surface area contributed by atoms with Gasteiger partial charge in [0.15, 0.2) is 0 Å². The summed E-state index contributed by atoms with van der Waals surface area (Å²) < 4.78 is 0. The number of nitrogens with zero attached hydrogens (tertiary/aromatic N) is 4. The average Bonchev–Trinajstić information content (AvgIpc) is 2.29. The van der Waals surface area contributed by atoms with E-state index >= 15 is 0 Å². The Labute approximate surface area is 93.7 Å². The standard InChI is InChI=1S/C11H12N4O/c1-8-6-9(7-12)14-11(13-8)15-4-2-10(16)3-5-15/h6H,2-5H2,1H3. The molecule has 1 aromatic heterocycles. The largest absolute Gasteiger partial charge is 0.340 e. The highest BCUT2D eigenvalue weighted by Crippen LogP contribution is 2.14. The van der Waals surface area contributed by atoms with Gasteiger partial charge in [0.25, 0.3) is 0 Å². The normalized spacial score (nSPS) is 16.0. The molecule has 0 unspecified atom stereocenters. The SMILES string of the molecule is Cc1cc(C#N)nc(N2CCC(=O)CC2)n1. The predicted molar refractivity (Wildman–Crippen MR) is 57.9 cm³/mol. The first-order valence-corrected chi connectivity index (χ1v) is 5.21. The van der Waals surface area contributed by atoms with Gasteiger partial charge < -0.3 is 4.90 Å². The summed E-state index contributed by atoms with van der Waals surface area (Å²) in [6.07, 6.45) is 1.08. The van der Waals surface area contributed by atoms with Crippen LogP contribution >= 0.6 is 0 Å². The molecule has 5 nitrogen and oxygen atoms in total. The van der Waals surface area contributed by atoms with Crippen molar-refractivity contribution in [2.75, 3.05) is 18.0 Å². The van der Waals surface area contributed by atoms with Crippen molar-refractivity contribution in [3.63, 3.8) is 0 Å². The molecule has 0 spiro atoms. The lowest BCUT2D eigenvalue weighted by Gasteiger charge is -2.26. The van der Waals surface area contributed by atoms with Gasteiger partial charge in [-0.25, -0.2) is 9.97 Å². The van der Waals surface area contributed by atoms with Crippen LogP contribution < -0.4 is 4.90 Å². The molecule has 0 radical (unpaired) electrons. The van der Waals surface area contributed by atoms with Gasteiger partial charge in [0.05, 0.1) is 0 Å². The Hall–Kier alpha value is -1.96. The fourth-order valence-electron chi connectivity index (χ4n) is 1.71. The summed E-state index contributed by atoms with van der Waals surface area (Å²) in [5.74, 6) is 0.841. The second-order valence-electron chi connectivity index (χ2n) is 3.83. The van der Waals surface area contributed by atoms with Gasteiger partial charge in [-0.3, -0.25) is 4.79 Å². The van der Waals surface area contributed by atoms with E-state index < -0.39 is 0 Å². The molecule has 0 amide bonds. The van der Waals surface area contributed by atoms with Gasteiger partial charge in [-0.15, -0.1) is 0 Å². The fraction of sp³-hybridized carbons (Fsp3) is 0.455. The maximum atomic E-state index is 11.1. The van der Waals surface area contributed by atoms with Gasteiger partial charge in [-0.05, 0) is 13.0 Å². The number of nitriles is 1. The Kier molecular flexibility index (Phi) is 2.82. The molecule has 0 aliphatic carbocycles. The minimum atomic E-state index is 0.282. The van der Waals surface area contributed by atoms with E-state index in [2.05, 4.69) is 9.97 Å². The highest BCUT2D eigenvalue weighted by Gasteiger charge is 2.18. The lowest BCUT2D eigenvalue weighted by Crippen LogP contribution is -2.35. The number of ketones is 1. The Morgan fingerprint density at radius 1 is 1.38 bits per heavy atom. The topological polar surface area (TPSA) is 69.9 Å². The predicted octanol–water partition coefficient (Wildman–Crippen LogP) is 0.826. The molecule has 5 heteroatoms. The molecular weight excluding hydrogens is 204 g/mol. The van der Waals surface area contributed by atoms with Gasteiger partial charge in [0.1, 0.15) is 17.5 Å². The highest BCUT2D eigenvalue weighted by atomic mass is 16.1. The van der Waals surface area contributed by atoms with E-state index in [1.165, 1.54) is 0 Å². The van der Waals surface area contributed by atoms with Gasteiger partial charge >= 0.3 is 0 Å². The molecule has 1 saturated heterocycles. The van der Waals surface area contributed by atoms with Crippen LogP contribution in [0.4, 0.5) is 5.95 Å². The van der Waals surface area contributed by atoms with Crippen LogP contribution in [0.2, 0.25) is 0 Å². The van der Waals surface area contributed by atoms with Crippen molar-refractivity contribution >= 4 is 11.7 Å². The van der Waals surface area contributed by atoms with Crippen molar-refractivity contribution in [1.82, 2.24) is 9.97 Å². The number of anilines is 1. The van der Waals surface area contributed by atoms with Crippen LogP contribution in [0.25, 0.3) is 0 Å². The van der Waals surface area contributed by atoms with Crippen LogP contribution in [0, 0.1) is 18.3 Å². The summed E-state index contributed by atoms with van der Waals surface area (Å²) in [6.45, 7) is 3.13. The summed E-state index contributed by atoms with van der Waals surface area (Å²) in [5.41, 5.74) is 1.15. The third-order valence-corrected chi connectivity index (χ3v) is 2.56. The van der Waals surface area contributed by atoms with E-state index in [1.54, 1.807) is 6.07 Å². The molecule has 2 rings (SSSR count). The number of piperidine rings is 1. The molecule has 0 N–H and O–H groups in total. The van der Waals surface area contributed by atoms with Crippen molar-refractivity contribution in [3.05, 3.63) is 17.5 Å². The summed E-state index contributed by atoms with van der Waals surface area (Å²) in [7, 11) is 0. The molecule has 0 atom stereocenters. The summed E-state index contributed by atoms with van der Waals surface area (Å²) in [5, 5.41) is 8.81. The first-order valence-electron chi connectivity index (χ1n) is 5.21. The first-order chi connectivity index (χ1) is 7.69. The van der Waals surface area contributed by atoms with E-state index in [0.717, 1.165) is 5.69 Å². The zero-order chi connectivity index (χ0) is 11.5. The number of aryl methyl sites for hydroxylation is 1. The monoisotopic (exact) mass is 216 g/mol. The molecule has 1 aliphatic rings. The molecule has 0 bridgehead atoms. The smallest absolute Gasteiger partial charge is 0.226 e. The van der Waals surface area contributed by atoms with Crippen LogP contribution in [-0.2, 0) is 4.79 Å². The lowest BCUT2D eigenvalue weighted by molar-refractivity contribution is -0.119. The van der Waals surface area contributed by atoms with Crippen LogP contribution in [0.5, 0.6) is 0 Å². The minimum absolute atomic E-state index is 0.282. The number of carbonyl (C=O) groups is 1. The van der Waals surface area contributed by atoms with Crippen molar-refractivity contribution in [1.29, 1.82) is 5.26 Å². The zero-order valence-corrected chi connectivity index (χ0v) is 9.10. The number of hydrogen-bond donors (Lipinski definition) is 0. The number of rotatable bonds is 1. The Balaban J connectivity index is 2.24. The molecule has 0 saturated carbocycles. The number of aromatic nitrogens is 2. The molecular formula is C11H12N4O. The Morgan fingerprint density at radius 3 is 2.69 bits per heavy atom. The van der Waals surface area contributed by atoms with Crippen molar-refractivity contribution in [2.45, 2.75) is 19.8 Å². The third-order valence-electron chi connectivity index (χ3n) is 2.56. The molecule has 1 fully saturated rings. The van der Waals surface area contributed by atoms with Crippen molar-refractivity contribution in [2.24, 2.45) is 0 Å². The second kappa shape index (κ2) is 4.27. The van der Waals surface area contributed by atoms with Gasteiger partial charge in [-0.1, -0.05) is 0 Å². The van der Waals surface area contributed by atoms with Crippen molar-refractivity contribution < 1.29 is 4.79 Å².